The van der Waals surface area contributed by atoms with Crippen molar-refractivity contribution in [2.24, 2.45) is 0 Å². The molecular formula is C14H18N2O6. The number of methoxy groups -OCH3 is 1. The summed E-state index contributed by atoms with van der Waals surface area (Å²) in [5.41, 5.74) is -0.649. The van der Waals surface area contributed by atoms with Crippen LogP contribution in [-0.4, -0.2) is 47.4 Å². The third-order valence-electron chi connectivity index (χ3n) is 2.94. The SMILES string of the molecule is COC(=O)c1ccc(NC(=O)NCC(C)(O)C(=O)O)cc1C. The Kier molecular flexibility index (Phi) is 5.47. The number of hydrogen-bond donors (Lipinski definition) is 4. The third-order valence-corrected chi connectivity index (χ3v) is 2.94. The van der Waals surface area contributed by atoms with Crippen LogP contribution in [0, 0.1) is 6.92 Å². The average Bonchev–Trinajstić information content (AvgIpc) is 2.44. The molecule has 120 valence electrons. The lowest BCUT2D eigenvalue weighted by molar-refractivity contribution is -0.155. The lowest BCUT2D eigenvalue weighted by Crippen LogP contribution is -2.47. The summed E-state index contributed by atoms with van der Waals surface area (Å²) in [5, 5.41) is 22.9. The number of rotatable bonds is 5. The van der Waals surface area contributed by atoms with Crippen LogP contribution in [0.3, 0.4) is 0 Å². The minimum atomic E-state index is -2.05. The van der Waals surface area contributed by atoms with E-state index in [0.29, 0.717) is 16.8 Å². The van der Waals surface area contributed by atoms with Gasteiger partial charge in [-0.2, -0.15) is 0 Å². The van der Waals surface area contributed by atoms with Gasteiger partial charge in [-0.15, -0.1) is 0 Å². The Labute approximate surface area is 127 Å². The molecule has 0 heterocycles. The van der Waals surface area contributed by atoms with E-state index in [4.69, 9.17) is 5.11 Å². The van der Waals surface area contributed by atoms with Crippen LogP contribution in [0.25, 0.3) is 0 Å². The minimum absolute atomic E-state index is 0.377. The summed E-state index contributed by atoms with van der Waals surface area (Å²) in [6.07, 6.45) is 0. The summed E-state index contributed by atoms with van der Waals surface area (Å²) < 4.78 is 4.61. The summed E-state index contributed by atoms with van der Waals surface area (Å²) in [6, 6.07) is 3.91. The number of ether oxygens (including phenoxy) is 1. The highest BCUT2D eigenvalue weighted by molar-refractivity contribution is 5.93. The normalized spacial score (nSPS) is 12.9. The Morgan fingerprint density at radius 3 is 2.45 bits per heavy atom. The van der Waals surface area contributed by atoms with Gasteiger partial charge in [0.1, 0.15) is 0 Å². The molecule has 0 aliphatic carbocycles. The lowest BCUT2D eigenvalue weighted by Gasteiger charge is -2.18. The second-order valence-electron chi connectivity index (χ2n) is 4.91. The lowest BCUT2D eigenvalue weighted by atomic mass is 10.1. The third kappa shape index (κ3) is 4.45. The number of amides is 2. The molecule has 0 saturated heterocycles. The second kappa shape index (κ2) is 6.90. The van der Waals surface area contributed by atoms with E-state index in [0.717, 1.165) is 6.92 Å². The summed E-state index contributed by atoms with van der Waals surface area (Å²) in [6.45, 7) is 2.31. The van der Waals surface area contributed by atoms with Crippen LogP contribution >= 0.6 is 0 Å². The molecule has 1 aromatic rings. The monoisotopic (exact) mass is 310 g/mol. The summed E-state index contributed by atoms with van der Waals surface area (Å²) >= 11 is 0. The van der Waals surface area contributed by atoms with Gasteiger partial charge in [0.25, 0.3) is 0 Å². The fourth-order valence-corrected chi connectivity index (χ4v) is 1.58. The van der Waals surface area contributed by atoms with E-state index in [1.165, 1.54) is 19.2 Å². The Morgan fingerprint density at radius 1 is 1.32 bits per heavy atom. The predicted molar refractivity (Wildman–Crippen MR) is 77.8 cm³/mol. The van der Waals surface area contributed by atoms with E-state index in [2.05, 4.69) is 15.4 Å². The van der Waals surface area contributed by atoms with Crippen LogP contribution in [0.1, 0.15) is 22.8 Å². The predicted octanol–water partition coefficient (Wildman–Crippen LogP) is 0.739. The molecule has 0 aromatic heterocycles. The number of aliphatic hydroxyl groups is 1. The molecule has 1 rings (SSSR count). The first kappa shape index (κ1) is 17.4. The van der Waals surface area contributed by atoms with Crippen LogP contribution in [0.5, 0.6) is 0 Å². The molecule has 0 spiro atoms. The van der Waals surface area contributed by atoms with Crippen molar-refractivity contribution in [3.63, 3.8) is 0 Å². The fourth-order valence-electron chi connectivity index (χ4n) is 1.58. The van der Waals surface area contributed by atoms with Crippen LogP contribution < -0.4 is 10.6 Å². The Morgan fingerprint density at radius 2 is 1.95 bits per heavy atom. The van der Waals surface area contributed by atoms with Gasteiger partial charge in [0.2, 0.25) is 0 Å². The van der Waals surface area contributed by atoms with Crippen LogP contribution in [0.15, 0.2) is 18.2 Å². The van der Waals surface area contributed by atoms with Crippen molar-refractivity contribution in [1.82, 2.24) is 5.32 Å². The van der Waals surface area contributed by atoms with E-state index in [9.17, 15) is 19.5 Å². The topological polar surface area (TPSA) is 125 Å². The Balaban J connectivity index is 2.68. The molecule has 0 bridgehead atoms. The summed E-state index contributed by atoms with van der Waals surface area (Å²) in [5.74, 6) is -1.92. The van der Waals surface area contributed by atoms with E-state index in [1.807, 2.05) is 0 Å². The maximum absolute atomic E-state index is 11.7. The number of aryl methyl sites for hydroxylation is 1. The van der Waals surface area contributed by atoms with Crippen molar-refractivity contribution < 1.29 is 29.3 Å². The number of carbonyl (C=O) groups is 3. The number of carbonyl (C=O) groups excluding carboxylic acids is 2. The average molecular weight is 310 g/mol. The number of carboxylic acid groups (broad SMARTS) is 1. The first-order valence-electron chi connectivity index (χ1n) is 6.37. The van der Waals surface area contributed by atoms with Gasteiger partial charge in [-0.05, 0) is 37.6 Å². The summed E-state index contributed by atoms with van der Waals surface area (Å²) in [4.78, 5) is 33.8. The molecular weight excluding hydrogens is 292 g/mol. The largest absolute Gasteiger partial charge is 0.479 e. The maximum atomic E-state index is 11.7. The number of nitrogens with one attached hydrogen (secondary N) is 2. The molecule has 0 aliphatic rings. The van der Waals surface area contributed by atoms with Gasteiger partial charge >= 0.3 is 18.0 Å². The molecule has 0 aliphatic heterocycles. The highest BCUT2D eigenvalue weighted by Crippen LogP contribution is 2.16. The number of benzene rings is 1. The molecule has 22 heavy (non-hydrogen) atoms. The number of aliphatic carboxylic acids is 1. The van der Waals surface area contributed by atoms with E-state index in [-0.39, 0.29) is 0 Å². The number of esters is 1. The van der Waals surface area contributed by atoms with Gasteiger partial charge in [-0.3, -0.25) is 0 Å². The van der Waals surface area contributed by atoms with Crippen molar-refractivity contribution in [3.05, 3.63) is 29.3 Å². The van der Waals surface area contributed by atoms with E-state index in [1.54, 1.807) is 13.0 Å². The van der Waals surface area contributed by atoms with E-state index >= 15 is 0 Å². The maximum Gasteiger partial charge on any atom is 0.338 e. The van der Waals surface area contributed by atoms with Gasteiger partial charge in [-0.1, -0.05) is 0 Å². The Bertz CT molecular complexity index is 597. The van der Waals surface area contributed by atoms with Crippen molar-refractivity contribution in [2.75, 3.05) is 19.0 Å². The van der Waals surface area contributed by atoms with Crippen molar-refractivity contribution in [1.29, 1.82) is 0 Å². The van der Waals surface area contributed by atoms with Gasteiger partial charge in [0.05, 0.1) is 19.2 Å². The van der Waals surface area contributed by atoms with Gasteiger partial charge < -0.3 is 25.6 Å². The molecule has 4 N–H and O–H groups in total. The number of urea groups is 1. The molecule has 1 unspecified atom stereocenters. The minimum Gasteiger partial charge on any atom is -0.479 e. The van der Waals surface area contributed by atoms with E-state index < -0.39 is 30.1 Å². The first-order chi connectivity index (χ1) is 10.2. The van der Waals surface area contributed by atoms with Gasteiger partial charge in [-0.25, -0.2) is 14.4 Å². The molecule has 1 aromatic carbocycles. The molecule has 0 saturated carbocycles. The zero-order valence-corrected chi connectivity index (χ0v) is 12.5. The molecule has 2 amide bonds. The second-order valence-corrected chi connectivity index (χ2v) is 4.91. The van der Waals surface area contributed by atoms with Crippen LogP contribution in [0.4, 0.5) is 10.5 Å². The van der Waals surface area contributed by atoms with Gasteiger partial charge in [0.15, 0.2) is 5.60 Å². The van der Waals surface area contributed by atoms with Gasteiger partial charge in [0, 0.05) is 5.69 Å². The number of anilines is 1. The highest BCUT2D eigenvalue weighted by atomic mass is 16.5. The first-order valence-corrected chi connectivity index (χ1v) is 6.37. The molecule has 0 radical (unpaired) electrons. The zero-order valence-electron chi connectivity index (χ0n) is 12.5. The van der Waals surface area contributed by atoms with Crippen molar-refractivity contribution >= 4 is 23.7 Å². The van der Waals surface area contributed by atoms with Crippen molar-refractivity contribution in [3.8, 4) is 0 Å². The standard InChI is InChI=1S/C14H18N2O6/c1-8-6-9(4-5-10(8)11(17)22-3)16-13(20)15-7-14(2,21)12(18)19/h4-6,21H,7H2,1-3H3,(H,18,19)(H2,15,16,20). The Hall–Kier alpha value is -2.61. The smallest absolute Gasteiger partial charge is 0.338 e. The summed E-state index contributed by atoms with van der Waals surface area (Å²) in [7, 11) is 1.27. The highest BCUT2D eigenvalue weighted by Gasteiger charge is 2.30. The quantitative estimate of drug-likeness (QED) is 0.594. The zero-order chi connectivity index (χ0) is 16.9. The molecule has 0 fully saturated rings. The molecule has 8 nitrogen and oxygen atoms in total. The van der Waals surface area contributed by atoms with Crippen LogP contribution in [-0.2, 0) is 9.53 Å². The molecule has 1 atom stereocenters. The number of carboxylic acids is 1. The molecule has 8 heteroatoms. The van der Waals surface area contributed by atoms with Crippen LogP contribution in [0.2, 0.25) is 0 Å². The fraction of sp³-hybridized carbons (Fsp3) is 0.357. The van der Waals surface area contributed by atoms with Crippen molar-refractivity contribution in [2.45, 2.75) is 19.4 Å². The number of hydrogen-bond acceptors (Lipinski definition) is 5.